The van der Waals surface area contributed by atoms with Crippen LogP contribution in [0.2, 0.25) is 0 Å². The zero-order chi connectivity index (χ0) is 22.4. The molecule has 8 nitrogen and oxygen atoms in total. The number of ether oxygens (including phenoxy) is 3. The first kappa shape index (κ1) is 22.3. The maximum Gasteiger partial charge on any atom is 0.264 e. The number of nitrogens with zero attached hydrogens (tertiary/aromatic N) is 1. The lowest BCUT2D eigenvalue weighted by atomic mass is 10.0. The number of aromatic nitrogens is 1. The van der Waals surface area contributed by atoms with Gasteiger partial charge in [-0.15, -0.1) is 0 Å². The van der Waals surface area contributed by atoms with Crippen molar-refractivity contribution in [3.63, 3.8) is 0 Å². The summed E-state index contributed by atoms with van der Waals surface area (Å²) in [4.78, 5) is 16.6. The highest BCUT2D eigenvalue weighted by Crippen LogP contribution is 2.38. The summed E-state index contributed by atoms with van der Waals surface area (Å²) in [6, 6.07) is 15.5. The predicted molar refractivity (Wildman–Crippen MR) is 116 cm³/mol. The standard InChI is InChI=1S/C22H22N2O6S/c1-28-14-15-6-9-17(10-7-15)30-20-11-8-16(21(25)24-31(3,26)27)13-19(20)18-5-4-12-23-22(18)29-2/h4-13H,14H2,1-3H3,(H,24,25). The van der Waals surface area contributed by atoms with E-state index in [4.69, 9.17) is 14.2 Å². The molecule has 0 unspecified atom stereocenters. The zero-order valence-electron chi connectivity index (χ0n) is 17.3. The molecule has 0 saturated heterocycles. The molecule has 1 heterocycles. The Morgan fingerprint density at radius 1 is 1.03 bits per heavy atom. The van der Waals surface area contributed by atoms with Crippen molar-refractivity contribution in [2.75, 3.05) is 20.5 Å². The van der Waals surface area contributed by atoms with Crippen LogP contribution in [0.3, 0.4) is 0 Å². The number of hydrogen-bond donors (Lipinski definition) is 1. The summed E-state index contributed by atoms with van der Waals surface area (Å²) in [5, 5.41) is 0. The van der Waals surface area contributed by atoms with E-state index in [1.807, 2.05) is 29.0 Å². The third kappa shape index (κ3) is 5.80. The Morgan fingerprint density at radius 2 is 1.77 bits per heavy atom. The summed E-state index contributed by atoms with van der Waals surface area (Å²) in [6.45, 7) is 0.489. The molecule has 0 bridgehead atoms. The van der Waals surface area contributed by atoms with E-state index in [1.165, 1.54) is 19.2 Å². The molecule has 162 valence electrons. The fourth-order valence-corrected chi connectivity index (χ4v) is 3.36. The average molecular weight is 442 g/mol. The Hall–Kier alpha value is -3.43. The molecule has 0 atom stereocenters. The molecule has 31 heavy (non-hydrogen) atoms. The minimum atomic E-state index is -3.71. The van der Waals surface area contributed by atoms with Gasteiger partial charge in [-0.3, -0.25) is 4.79 Å². The van der Waals surface area contributed by atoms with E-state index in [2.05, 4.69) is 4.98 Å². The van der Waals surface area contributed by atoms with Gasteiger partial charge in [0.1, 0.15) is 11.5 Å². The Bertz CT molecular complexity index is 1180. The van der Waals surface area contributed by atoms with Crippen LogP contribution in [0.5, 0.6) is 17.4 Å². The van der Waals surface area contributed by atoms with Crippen molar-refractivity contribution in [1.82, 2.24) is 9.71 Å². The third-order valence-corrected chi connectivity index (χ3v) is 4.79. The number of methoxy groups -OCH3 is 2. The first-order valence-electron chi connectivity index (χ1n) is 9.22. The highest BCUT2D eigenvalue weighted by atomic mass is 32.2. The zero-order valence-corrected chi connectivity index (χ0v) is 18.1. The second-order valence-corrected chi connectivity index (χ2v) is 8.40. The first-order valence-corrected chi connectivity index (χ1v) is 11.1. The van der Waals surface area contributed by atoms with Gasteiger partial charge in [0.25, 0.3) is 5.91 Å². The molecule has 0 spiro atoms. The highest BCUT2D eigenvalue weighted by Gasteiger charge is 2.18. The van der Waals surface area contributed by atoms with Gasteiger partial charge in [-0.05, 0) is 48.0 Å². The number of carbonyl (C=O) groups is 1. The van der Waals surface area contributed by atoms with Crippen LogP contribution in [0.15, 0.2) is 60.8 Å². The van der Waals surface area contributed by atoms with E-state index in [1.54, 1.807) is 31.5 Å². The van der Waals surface area contributed by atoms with E-state index in [0.29, 0.717) is 35.1 Å². The van der Waals surface area contributed by atoms with Gasteiger partial charge in [0.15, 0.2) is 0 Å². The molecule has 3 aromatic rings. The number of amides is 1. The smallest absolute Gasteiger partial charge is 0.264 e. The Morgan fingerprint density at radius 3 is 2.42 bits per heavy atom. The maximum absolute atomic E-state index is 12.4. The van der Waals surface area contributed by atoms with Crippen molar-refractivity contribution in [3.05, 3.63) is 71.9 Å². The van der Waals surface area contributed by atoms with Gasteiger partial charge >= 0.3 is 0 Å². The SMILES string of the molecule is COCc1ccc(Oc2ccc(C(=O)NS(C)(=O)=O)cc2-c2cccnc2OC)cc1. The Labute approximate surface area is 180 Å². The summed E-state index contributed by atoms with van der Waals surface area (Å²) in [5.74, 6) is 0.615. The fraction of sp³-hybridized carbons (Fsp3) is 0.182. The summed E-state index contributed by atoms with van der Waals surface area (Å²) >= 11 is 0. The number of hydrogen-bond acceptors (Lipinski definition) is 7. The lowest BCUT2D eigenvalue weighted by Crippen LogP contribution is -2.29. The molecule has 2 aromatic carbocycles. The van der Waals surface area contributed by atoms with E-state index in [-0.39, 0.29) is 5.56 Å². The molecule has 0 fully saturated rings. The minimum Gasteiger partial charge on any atom is -0.481 e. The number of carbonyl (C=O) groups excluding carboxylic acids is 1. The number of sulfonamides is 1. The molecular formula is C22H22N2O6S. The molecule has 0 aliphatic rings. The van der Waals surface area contributed by atoms with Crippen LogP contribution in [0, 0.1) is 0 Å². The fourth-order valence-electron chi connectivity index (χ4n) is 2.90. The maximum atomic E-state index is 12.4. The van der Waals surface area contributed by atoms with Crippen molar-refractivity contribution in [1.29, 1.82) is 0 Å². The normalized spacial score (nSPS) is 11.1. The molecule has 0 aliphatic carbocycles. The summed E-state index contributed by atoms with van der Waals surface area (Å²) in [5.41, 5.74) is 2.25. The van der Waals surface area contributed by atoms with Gasteiger partial charge in [-0.2, -0.15) is 0 Å². The molecule has 9 heteroatoms. The third-order valence-electron chi connectivity index (χ3n) is 4.24. The van der Waals surface area contributed by atoms with Crippen LogP contribution in [0.4, 0.5) is 0 Å². The second kappa shape index (κ2) is 9.59. The molecule has 3 rings (SSSR count). The van der Waals surface area contributed by atoms with Crippen LogP contribution >= 0.6 is 0 Å². The molecule has 0 aliphatic heterocycles. The van der Waals surface area contributed by atoms with Gasteiger partial charge in [0, 0.05) is 30.0 Å². The second-order valence-electron chi connectivity index (χ2n) is 6.65. The van der Waals surface area contributed by atoms with Crippen LogP contribution in [0.25, 0.3) is 11.1 Å². The predicted octanol–water partition coefficient (Wildman–Crippen LogP) is 3.39. The number of benzene rings is 2. The lowest BCUT2D eigenvalue weighted by Gasteiger charge is -2.15. The van der Waals surface area contributed by atoms with Gasteiger partial charge in [-0.1, -0.05) is 12.1 Å². The van der Waals surface area contributed by atoms with Gasteiger partial charge < -0.3 is 14.2 Å². The Kier molecular flexibility index (Phi) is 6.88. The summed E-state index contributed by atoms with van der Waals surface area (Å²) in [6.07, 6.45) is 2.50. The lowest BCUT2D eigenvalue weighted by molar-refractivity contribution is 0.0981. The van der Waals surface area contributed by atoms with Crippen molar-refractivity contribution in [2.45, 2.75) is 6.61 Å². The summed E-state index contributed by atoms with van der Waals surface area (Å²) in [7, 11) is -0.596. The first-order chi connectivity index (χ1) is 14.8. The topological polar surface area (TPSA) is 104 Å². The van der Waals surface area contributed by atoms with E-state index in [9.17, 15) is 13.2 Å². The molecule has 1 N–H and O–H groups in total. The highest BCUT2D eigenvalue weighted by molar-refractivity contribution is 7.89. The van der Waals surface area contributed by atoms with Crippen LogP contribution in [0.1, 0.15) is 15.9 Å². The van der Waals surface area contributed by atoms with Crippen LogP contribution < -0.4 is 14.2 Å². The number of rotatable bonds is 8. The van der Waals surface area contributed by atoms with Crippen molar-refractivity contribution < 1.29 is 27.4 Å². The molecule has 0 radical (unpaired) electrons. The van der Waals surface area contributed by atoms with Gasteiger partial charge in [0.05, 0.1) is 20.0 Å². The molecule has 1 aromatic heterocycles. The van der Waals surface area contributed by atoms with Crippen LogP contribution in [-0.4, -0.2) is 39.8 Å². The Balaban J connectivity index is 2.04. The van der Waals surface area contributed by atoms with Crippen molar-refractivity contribution in [2.24, 2.45) is 0 Å². The average Bonchev–Trinajstić information content (AvgIpc) is 2.74. The largest absolute Gasteiger partial charge is 0.481 e. The van der Waals surface area contributed by atoms with E-state index < -0.39 is 15.9 Å². The van der Waals surface area contributed by atoms with Gasteiger partial charge in [0.2, 0.25) is 15.9 Å². The molecular weight excluding hydrogens is 420 g/mol. The molecule has 1 amide bonds. The molecule has 0 saturated carbocycles. The van der Waals surface area contributed by atoms with Crippen LogP contribution in [-0.2, 0) is 21.4 Å². The van der Waals surface area contributed by atoms with E-state index in [0.717, 1.165) is 11.8 Å². The minimum absolute atomic E-state index is 0.147. The number of pyridine rings is 1. The van der Waals surface area contributed by atoms with Gasteiger partial charge in [-0.25, -0.2) is 18.1 Å². The van der Waals surface area contributed by atoms with Crippen molar-refractivity contribution >= 4 is 15.9 Å². The summed E-state index contributed by atoms with van der Waals surface area (Å²) < 4.78 is 41.4. The van der Waals surface area contributed by atoms with E-state index >= 15 is 0 Å². The number of nitrogens with one attached hydrogen (secondary N) is 1. The monoisotopic (exact) mass is 442 g/mol. The van der Waals surface area contributed by atoms with Crippen molar-refractivity contribution in [3.8, 4) is 28.5 Å². The quantitative estimate of drug-likeness (QED) is 0.570.